The summed E-state index contributed by atoms with van der Waals surface area (Å²) in [5, 5.41) is 3.05. The van der Waals surface area contributed by atoms with Crippen molar-refractivity contribution >= 4 is 17.3 Å². The van der Waals surface area contributed by atoms with Gasteiger partial charge in [0.2, 0.25) is 5.91 Å². The quantitative estimate of drug-likeness (QED) is 0.847. The molecule has 0 aliphatic heterocycles. The number of hydrogen-bond donors (Lipinski definition) is 2. The first-order valence-corrected chi connectivity index (χ1v) is 7.48. The van der Waals surface area contributed by atoms with Crippen LogP contribution in [0.3, 0.4) is 0 Å². The Labute approximate surface area is 125 Å². The van der Waals surface area contributed by atoms with Gasteiger partial charge in [-0.3, -0.25) is 4.79 Å². The zero-order valence-corrected chi connectivity index (χ0v) is 12.1. The van der Waals surface area contributed by atoms with Crippen LogP contribution in [0.1, 0.15) is 29.5 Å². The number of para-hydroxylation sites is 1. The molecule has 3 N–H and O–H groups in total. The monoisotopic (exact) mass is 280 g/mol. The van der Waals surface area contributed by atoms with Crippen LogP contribution in [-0.2, 0) is 24.1 Å². The summed E-state index contributed by atoms with van der Waals surface area (Å²) in [7, 11) is 0. The van der Waals surface area contributed by atoms with Gasteiger partial charge in [0.15, 0.2) is 0 Å². The summed E-state index contributed by atoms with van der Waals surface area (Å²) in [5.74, 6) is -0.00752. The van der Waals surface area contributed by atoms with E-state index < -0.39 is 0 Å². The summed E-state index contributed by atoms with van der Waals surface area (Å²) >= 11 is 0. The molecule has 0 spiro atoms. The molecular formula is C18H20N2O. The van der Waals surface area contributed by atoms with Gasteiger partial charge in [-0.2, -0.15) is 0 Å². The fourth-order valence-corrected chi connectivity index (χ4v) is 2.96. The van der Waals surface area contributed by atoms with E-state index in [4.69, 9.17) is 5.73 Å². The van der Waals surface area contributed by atoms with Gasteiger partial charge < -0.3 is 11.1 Å². The topological polar surface area (TPSA) is 55.1 Å². The Morgan fingerprint density at radius 2 is 1.86 bits per heavy atom. The Hall–Kier alpha value is -2.29. The minimum Gasteiger partial charge on any atom is -0.398 e. The van der Waals surface area contributed by atoms with E-state index >= 15 is 0 Å². The van der Waals surface area contributed by atoms with Crippen LogP contribution in [0.5, 0.6) is 0 Å². The minimum absolute atomic E-state index is 0.00752. The maximum atomic E-state index is 12.3. The van der Waals surface area contributed by atoms with Gasteiger partial charge in [-0.25, -0.2) is 0 Å². The summed E-state index contributed by atoms with van der Waals surface area (Å²) in [5.41, 5.74) is 11.1. The fourth-order valence-electron chi connectivity index (χ4n) is 2.96. The molecule has 0 aromatic heterocycles. The molecule has 1 aliphatic rings. The number of fused-ring (bicyclic) bond motifs is 1. The number of nitrogens with two attached hydrogens (primary N) is 1. The number of rotatable bonds is 3. The Morgan fingerprint density at radius 3 is 2.71 bits per heavy atom. The Balaban J connectivity index is 1.75. The molecule has 1 aliphatic carbocycles. The molecule has 0 saturated carbocycles. The van der Waals surface area contributed by atoms with Crippen molar-refractivity contribution in [2.24, 2.45) is 0 Å². The van der Waals surface area contributed by atoms with Crippen LogP contribution in [0.2, 0.25) is 0 Å². The van der Waals surface area contributed by atoms with E-state index in [1.807, 2.05) is 36.4 Å². The molecule has 3 heteroatoms. The van der Waals surface area contributed by atoms with Crippen molar-refractivity contribution in [3.05, 3.63) is 59.2 Å². The molecule has 0 fully saturated rings. The second kappa shape index (κ2) is 6.00. The number of amides is 1. The lowest BCUT2D eigenvalue weighted by Crippen LogP contribution is -2.17. The molecule has 108 valence electrons. The predicted molar refractivity (Wildman–Crippen MR) is 86.3 cm³/mol. The molecule has 0 saturated heterocycles. The number of anilines is 2. The standard InChI is InChI=1S/C18H20N2O/c19-16-10-4-2-7-14(16)12-18(21)20-17-11-5-8-13-6-1-3-9-15(13)17/h2,4-5,7-8,10-11H,1,3,6,9,12,19H2,(H,20,21). The number of benzene rings is 2. The lowest BCUT2D eigenvalue weighted by molar-refractivity contribution is -0.115. The van der Waals surface area contributed by atoms with Gasteiger partial charge in [0.1, 0.15) is 0 Å². The van der Waals surface area contributed by atoms with Crippen LogP contribution < -0.4 is 11.1 Å². The van der Waals surface area contributed by atoms with E-state index in [1.54, 1.807) is 0 Å². The molecule has 1 amide bonds. The predicted octanol–water partition coefficient (Wildman–Crippen LogP) is 3.33. The van der Waals surface area contributed by atoms with Gasteiger partial charge in [-0.15, -0.1) is 0 Å². The summed E-state index contributed by atoms with van der Waals surface area (Å²) in [6.45, 7) is 0. The summed E-state index contributed by atoms with van der Waals surface area (Å²) in [6, 6.07) is 13.7. The third kappa shape index (κ3) is 3.07. The molecule has 2 aromatic rings. The Bertz CT molecular complexity index is 664. The zero-order chi connectivity index (χ0) is 14.7. The largest absolute Gasteiger partial charge is 0.398 e. The van der Waals surface area contributed by atoms with E-state index in [0.29, 0.717) is 12.1 Å². The molecular weight excluding hydrogens is 260 g/mol. The number of carbonyl (C=O) groups is 1. The average Bonchev–Trinajstić information content (AvgIpc) is 2.50. The van der Waals surface area contributed by atoms with Gasteiger partial charge in [-0.05, 0) is 54.5 Å². The highest BCUT2D eigenvalue weighted by Crippen LogP contribution is 2.28. The van der Waals surface area contributed by atoms with E-state index in [-0.39, 0.29) is 5.91 Å². The Morgan fingerprint density at radius 1 is 1.05 bits per heavy atom. The second-order valence-electron chi connectivity index (χ2n) is 5.57. The normalized spacial score (nSPS) is 13.5. The molecule has 0 atom stereocenters. The SMILES string of the molecule is Nc1ccccc1CC(=O)Nc1cccc2c1CCCC2. The molecule has 3 rings (SSSR count). The number of aryl methyl sites for hydroxylation is 1. The molecule has 0 unspecified atom stereocenters. The number of nitrogens with one attached hydrogen (secondary N) is 1. The van der Waals surface area contributed by atoms with Crippen molar-refractivity contribution in [2.45, 2.75) is 32.1 Å². The van der Waals surface area contributed by atoms with Crippen LogP contribution in [-0.4, -0.2) is 5.91 Å². The zero-order valence-electron chi connectivity index (χ0n) is 12.1. The van der Waals surface area contributed by atoms with Crippen LogP contribution in [0, 0.1) is 0 Å². The molecule has 21 heavy (non-hydrogen) atoms. The van der Waals surface area contributed by atoms with Crippen molar-refractivity contribution in [3.63, 3.8) is 0 Å². The van der Waals surface area contributed by atoms with Crippen molar-refractivity contribution in [1.29, 1.82) is 0 Å². The molecule has 0 radical (unpaired) electrons. The van der Waals surface area contributed by atoms with Gasteiger partial charge in [0, 0.05) is 11.4 Å². The molecule has 3 nitrogen and oxygen atoms in total. The van der Waals surface area contributed by atoms with E-state index in [1.165, 1.54) is 24.0 Å². The first kappa shape index (κ1) is 13.7. The van der Waals surface area contributed by atoms with Gasteiger partial charge in [0.05, 0.1) is 6.42 Å². The minimum atomic E-state index is -0.00752. The molecule has 0 bridgehead atoms. The van der Waals surface area contributed by atoms with Crippen LogP contribution >= 0.6 is 0 Å². The second-order valence-corrected chi connectivity index (χ2v) is 5.57. The van der Waals surface area contributed by atoms with E-state index in [9.17, 15) is 4.79 Å². The number of nitrogen functional groups attached to an aromatic ring is 1. The van der Waals surface area contributed by atoms with E-state index in [0.717, 1.165) is 24.1 Å². The first-order valence-electron chi connectivity index (χ1n) is 7.48. The van der Waals surface area contributed by atoms with Crippen LogP contribution in [0.15, 0.2) is 42.5 Å². The number of carbonyl (C=O) groups excluding carboxylic acids is 1. The van der Waals surface area contributed by atoms with Crippen LogP contribution in [0.4, 0.5) is 11.4 Å². The average molecular weight is 280 g/mol. The summed E-state index contributed by atoms with van der Waals surface area (Å²) in [4.78, 5) is 12.3. The molecule has 0 heterocycles. The smallest absolute Gasteiger partial charge is 0.228 e. The number of hydrogen-bond acceptors (Lipinski definition) is 2. The van der Waals surface area contributed by atoms with Crippen molar-refractivity contribution in [2.75, 3.05) is 11.1 Å². The van der Waals surface area contributed by atoms with Crippen molar-refractivity contribution < 1.29 is 4.79 Å². The lowest BCUT2D eigenvalue weighted by Gasteiger charge is -2.19. The first-order chi connectivity index (χ1) is 10.2. The Kier molecular flexibility index (Phi) is 3.91. The highest BCUT2D eigenvalue weighted by molar-refractivity contribution is 5.93. The van der Waals surface area contributed by atoms with E-state index in [2.05, 4.69) is 11.4 Å². The van der Waals surface area contributed by atoms with Gasteiger partial charge >= 0.3 is 0 Å². The van der Waals surface area contributed by atoms with Gasteiger partial charge in [-0.1, -0.05) is 30.3 Å². The van der Waals surface area contributed by atoms with Gasteiger partial charge in [0.25, 0.3) is 0 Å². The molecule has 2 aromatic carbocycles. The third-order valence-corrected chi connectivity index (χ3v) is 4.08. The maximum absolute atomic E-state index is 12.3. The summed E-state index contributed by atoms with van der Waals surface area (Å²) < 4.78 is 0. The fraction of sp³-hybridized carbons (Fsp3) is 0.278. The highest BCUT2D eigenvalue weighted by atomic mass is 16.1. The lowest BCUT2D eigenvalue weighted by atomic mass is 9.90. The highest BCUT2D eigenvalue weighted by Gasteiger charge is 2.14. The maximum Gasteiger partial charge on any atom is 0.228 e. The third-order valence-electron chi connectivity index (χ3n) is 4.08. The van der Waals surface area contributed by atoms with Crippen molar-refractivity contribution in [3.8, 4) is 0 Å². The van der Waals surface area contributed by atoms with Crippen LogP contribution in [0.25, 0.3) is 0 Å². The summed E-state index contributed by atoms with van der Waals surface area (Å²) in [6.07, 6.45) is 4.93. The van der Waals surface area contributed by atoms with Crippen molar-refractivity contribution in [1.82, 2.24) is 0 Å².